The molecule has 2 fully saturated rings. The number of nitrogens with one attached hydrogen (secondary N) is 1. The van der Waals surface area contributed by atoms with Crippen LogP contribution in [0.3, 0.4) is 0 Å². The molecular weight excluding hydrogens is 460 g/mol. The first-order valence-corrected chi connectivity index (χ1v) is 12.8. The van der Waals surface area contributed by atoms with E-state index in [4.69, 9.17) is 13.9 Å². The van der Waals surface area contributed by atoms with Crippen LogP contribution in [-0.4, -0.2) is 45.5 Å². The first kappa shape index (κ1) is 24.1. The molecule has 1 saturated carbocycles. The Kier molecular flexibility index (Phi) is 6.55. The SMILES string of the molecule is CCCC1(CCC)NC(=O)N(CC(=O)N2N=C3/C(=C\c4ccco4)CCC[C@@H]3[C@@H]2c2ccco2)C1=O. The van der Waals surface area contributed by atoms with Crippen molar-refractivity contribution in [3.8, 4) is 0 Å². The summed E-state index contributed by atoms with van der Waals surface area (Å²) in [6.45, 7) is 3.60. The number of carbonyl (C=O) groups is 3. The summed E-state index contributed by atoms with van der Waals surface area (Å²) in [4.78, 5) is 40.9. The van der Waals surface area contributed by atoms with Gasteiger partial charge in [0.1, 0.15) is 29.6 Å². The highest BCUT2D eigenvalue weighted by molar-refractivity contribution is 6.10. The molecule has 0 aromatic carbocycles. The number of nitrogens with zero attached hydrogens (tertiary/aromatic N) is 3. The Labute approximate surface area is 210 Å². The van der Waals surface area contributed by atoms with Crippen molar-refractivity contribution < 1.29 is 23.2 Å². The number of amides is 4. The molecule has 1 saturated heterocycles. The van der Waals surface area contributed by atoms with Crippen molar-refractivity contribution in [2.75, 3.05) is 6.54 Å². The van der Waals surface area contributed by atoms with Gasteiger partial charge in [0.25, 0.3) is 11.8 Å². The fraction of sp³-hybridized carbons (Fsp3) is 0.481. The van der Waals surface area contributed by atoms with Gasteiger partial charge in [-0.1, -0.05) is 26.7 Å². The van der Waals surface area contributed by atoms with Crippen LogP contribution < -0.4 is 5.32 Å². The van der Waals surface area contributed by atoms with Gasteiger partial charge >= 0.3 is 6.03 Å². The average Bonchev–Trinajstić information content (AvgIpc) is 3.65. The van der Waals surface area contributed by atoms with Crippen molar-refractivity contribution in [2.45, 2.75) is 70.4 Å². The van der Waals surface area contributed by atoms with E-state index in [1.165, 1.54) is 5.01 Å². The highest BCUT2D eigenvalue weighted by Gasteiger charge is 2.52. The van der Waals surface area contributed by atoms with E-state index < -0.39 is 23.5 Å². The number of urea groups is 1. The molecule has 9 heteroatoms. The van der Waals surface area contributed by atoms with E-state index >= 15 is 0 Å². The first-order chi connectivity index (χ1) is 17.5. The highest BCUT2D eigenvalue weighted by Crippen LogP contribution is 2.44. The lowest BCUT2D eigenvalue weighted by atomic mass is 9.79. The van der Waals surface area contributed by atoms with Gasteiger partial charge in [-0.2, -0.15) is 5.10 Å². The molecule has 9 nitrogen and oxygen atoms in total. The predicted octanol–water partition coefficient (Wildman–Crippen LogP) is 4.89. The number of carbonyl (C=O) groups excluding carboxylic acids is 3. The van der Waals surface area contributed by atoms with Crippen molar-refractivity contribution >= 4 is 29.6 Å². The maximum atomic E-state index is 13.7. The summed E-state index contributed by atoms with van der Waals surface area (Å²) >= 11 is 0. The molecule has 1 N–H and O–H groups in total. The van der Waals surface area contributed by atoms with Crippen LogP contribution in [0, 0.1) is 5.92 Å². The minimum absolute atomic E-state index is 0.0440. The number of hydrogen-bond acceptors (Lipinski definition) is 6. The topological polar surface area (TPSA) is 108 Å². The Bertz CT molecular complexity index is 1170. The molecule has 2 atom stereocenters. The van der Waals surface area contributed by atoms with Crippen LogP contribution in [-0.2, 0) is 9.59 Å². The maximum absolute atomic E-state index is 13.7. The summed E-state index contributed by atoms with van der Waals surface area (Å²) in [5.74, 6) is 0.576. The van der Waals surface area contributed by atoms with Crippen LogP contribution in [0.5, 0.6) is 0 Å². The first-order valence-electron chi connectivity index (χ1n) is 12.8. The number of hydrazone groups is 1. The minimum atomic E-state index is -0.939. The second kappa shape index (κ2) is 9.79. The standard InChI is InChI=1S/C27H32N4O5/c1-3-12-27(13-4-2)25(33)30(26(34)28-27)17-22(32)31-24(21-11-7-15-36-21)20-10-5-8-18(23(20)29-31)16-19-9-6-14-35-19/h6-7,9,11,14-16,20,24H,3-5,8,10,12-13,17H2,1-2H3,(H,28,34)/b18-16-/t20-,24+/m0/s1. The molecular formula is C27H32N4O5. The van der Waals surface area contributed by atoms with Crippen molar-refractivity contribution in [1.82, 2.24) is 15.2 Å². The monoisotopic (exact) mass is 492 g/mol. The normalized spacial score (nSPS) is 24.3. The fourth-order valence-corrected chi connectivity index (χ4v) is 5.84. The van der Waals surface area contributed by atoms with Crippen molar-refractivity contribution in [3.05, 3.63) is 53.9 Å². The Balaban J connectivity index is 1.44. The molecule has 4 heterocycles. The molecule has 0 unspecified atom stereocenters. The zero-order valence-electron chi connectivity index (χ0n) is 20.7. The summed E-state index contributed by atoms with van der Waals surface area (Å²) < 4.78 is 11.2. The molecule has 2 aliphatic heterocycles. The molecule has 0 radical (unpaired) electrons. The Hall–Kier alpha value is -3.62. The summed E-state index contributed by atoms with van der Waals surface area (Å²) in [5.41, 5.74) is 0.911. The number of furan rings is 2. The van der Waals surface area contributed by atoms with E-state index in [0.717, 1.165) is 54.0 Å². The Morgan fingerprint density at radius 2 is 1.92 bits per heavy atom. The third-order valence-corrected chi connectivity index (χ3v) is 7.34. The molecule has 1 aliphatic carbocycles. The lowest BCUT2D eigenvalue weighted by Crippen LogP contribution is -2.47. The lowest BCUT2D eigenvalue weighted by Gasteiger charge is -2.28. The summed E-state index contributed by atoms with van der Waals surface area (Å²) in [7, 11) is 0. The van der Waals surface area contributed by atoms with E-state index in [0.29, 0.717) is 18.6 Å². The molecule has 36 heavy (non-hydrogen) atoms. The van der Waals surface area contributed by atoms with Crippen LogP contribution >= 0.6 is 0 Å². The lowest BCUT2D eigenvalue weighted by molar-refractivity contribution is -0.140. The number of fused-ring (bicyclic) bond motifs is 1. The van der Waals surface area contributed by atoms with Gasteiger partial charge in [0.05, 0.1) is 18.2 Å². The van der Waals surface area contributed by atoms with Crippen molar-refractivity contribution in [2.24, 2.45) is 11.0 Å². The van der Waals surface area contributed by atoms with Gasteiger partial charge in [0.2, 0.25) is 0 Å². The molecule has 0 spiro atoms. The summed E-state index contributed by atoms with van der Waals surface area (Å²) in [6.07, 6.45) is 10.4. The molecule has 2 aromatic rings. The molecule has 5 rings (SSSR count). The van der Waals surface area contributed by atoms with Crippen LogP contribution in [0.25, 0.3) is 6.08 Å². The van der Waals surface area contributed by atoms with Gasteiger partial charge in [-0.3, -0.25) is 14.5 Å². The third-order valence-electron chi connectivity index (χ3n) is 7.34. The zero-order chi connectivity index (χ0) is 25.3. The van der Waals surface area contributed by atoms with Crippen LogP contribution in [0.1, 0.15) is 76.4 Å². The average molecular weight is 493 g/mol. The van der Waals surface area contributed by atoms with E-state index in [-0.39, 0.29) is 18.4 Å². The van der Waals surface area contributed by atoms with Crippen molar-refractivity contribution in [3.63, 3.8) is 0 Å². The summed E-state index contributed by atoms with van der Waals surface area (Å²) in [6, 6.07) is 6.40. The van der Waals surface area contributed by atoms with Gasteiger partial charge in [0.15, 0.2) is 0 Å². The summed E-state index contributed by atoms with van der Waals surface area (Å²) in [5, 5.41) is 9.07. The van der Waals surface area contributed by atoms with Crippen molar-refractivity contribution in [1.29, 1.82) is 0 Å². The zero-order valence-corrected chi connectivity index (χ0v) is 20.7. The maximum Gasteiger partial charge on any atom is 0.325 e. The minimum Gasteiger partial charge on any atom is -0.467 e. The second-order valence-electron chi connectivity index (χ2n) is 9.77. The molecule has 0 bridgehead atoms. The van der Waals surface area contributed by atoms with Gasteiger partial charge in [-0.05, 0) is 68.0 Å². The van der Waals surface area contributed by atoms with Gasteiger partial charge in [-0.15, -0.1) is 0 Å². The van der Waals surface area contributed by atoms with Crippen LogP contribution in [0.2, 0.25) is 0 Å². The quantitative estimate of drug-likeness (QED) is 0.528. The second-order valence-corrected chi connectivity index (χ2v) is 9.77. The van der Waals surface area contributed by atoms with Gasteiger partial charge in [-0.25, -0.2) is 9.80 Å². The largest absolute Gasteiger partial charge is 0.467 e. The van der Waals surface area contributed by atoms with E-state index in [1.807, 2.05) is 38.1 Å². The highest BCUT2D eigenvalue weighted by atomic mass is 16.3. The fourth-order valence-electron chi connectivity index (χ4n) is 5.84. The van der Waals surface area contributed by atoms with Gasteiger partial charge < -0.3 is 14.2 Å². The van der Waals surface area contributed by atoms with Crippen LogP contribution in [0.4, 0.5) is 4.79 Å². The van der Waals surface area contributed by atoms with Crippen LogP contribution in [0.15, 0.2) is 56.3 Å². The van der Waals surface area contributed by atoms with E-state index in [9.17, 15) is 14.4 Å². The number of allylic oxidation sites excluding steroid dienone is 1. The number of rotatable bonds is 8. The number of imide groups is 1. The molecule has 3 aliphatic rings. The van der Waals surface area contributed by atoms with Gasteiger partial charge in [0, 0.05) is 5.92 Å². The molecule has 2 aromatic heterocycles. The van der Waals surface area contributed by atoms with E-state index in [2.05, 4.69) is 5.32 Å². The number of hydrogen-bond donors (Lipinski definition) is 1. The molecule has 4 amide bonds. The third kappa shape index (κ3) is 4.16. The Morgan fingerprint density at radius 3 is 2.58 bits per heavy atom. The molecule has 190 valence electrons. The van der Waals surface area contributed by atoms with E-state index in [1.54, 1.807) is 18.6 Å². The smallest absolute Gasteiger partial charge is 0.325 e. The Morgan fingerprint density at radius 1 is 1.17 bits per heavy atom. The predicted molar refractivity (Wildman–Crippen MR) is 133 cm³/mol.